The van der Waals surface area contributed by atoms with Gasteiger partial charge in [-0.05, 0) is 221 Å². The average Bonchev–Trinajstić information content (AvgIpc) is 3.68. The highest BCUT2D eigenvalue weighted by atomic mass is 16.6. The van der Waals surface area contributed by atoms with Gasteiger partial charge in [0.25, 0.3) is 0 Å². The van der Waals surface area contributed by atoms with Gasteiger partial charge in [-0.15, -0.1) is 0 Å². The largest absolute Gasteiger partial charge is 0.494 e. The van der Waals surface area contributed by atoms with Gasteiger partial charge in [0.05, 0.1) is 65.0 Å². The summed E-state index contributed by atoms with van der Waals surface area (Å²) in [5.41, 5.74) is 2.12. The minimum Gasteiger partial charge on any atom is -0.494 e. The van der Waals surface area contributed by atoms with Crippen LogP contribution in [0.15, 0.2) is 60.7 Å². The van der Waals surface area contributed by atoms with Crippen molar-refractivity contribution in [2.45, 2.75) is 238 Å². The van der Waals surface area contributed by atoms with Crippen LogP contribution in [0.4, 0.5) is 0 Å². The van der Waals surface area contributed by atoms with Crippen molar-refractivity contribution in [1.82, 2.24) is 0 Å². The predicted molar refractivity (Wildman–Crippen MR) is 335 cm³/mol. The Morgan fingerprint density at radius 1 is 0.371 bits per heavy atom. The Hall–Kier alpha value is -6.79. The SMILES string of the molecule is C=C(C)C(=O)OCCCCC(=O)OCCCCC(=O)OCCCCCC(=O)OCCCCC(=O)OCCCCCC(=O)OCCCCC(=O)OCCCCCC(=O)OCCCCCCOc1ccc(C(=O)Oc2ccc(C3CCC(CCC)CC3)cc2)cc1. The molecule has 0 N–H and O–H groups in total. The van der Waals surface area contributed by atoms with Crippen molar-refractivity contribution in [2.75, 3.05) is 59.5 Å². The fraction of sp³-hybridized carbons (Fsp3) is 0.671. The highest BCUT2D eigenvalue weighted by molar-refractivity contribution is 5.91. The Bertz CT molecular complexity index is 2340. The van der Waals surface area contributed by atoms with Gasteiger partial charge in [-0.1, -0.05) is 38.5 Å². The summed E-state index contributed by atoms with van der Waals surface area (Å²) in [6, 6.07) is 15.0. The normalized spacial score (nSPS) is 13.5. The number of rotatable bonds is 52. The molecule has 19 nitrogen and oxygen atoms in total. The number of carbonyl (C=O) groups excluding carboxylic acids is 9. The molecule has 3 rings (SSSR count). The topological polar surface area (TPSA) is 246 Å². The number of ether oxygens (including phenoxy) is 10. The zero-order chi connectivity index (χ0) is 64.4. The maximum Gasteiger partial charge on any atom is 0.343 e. The number of esters is 9. The second kappa shape index (κ2) is 50.0. The van der Waals surface area contributed by atoms with Gasteiger partial charge in [0, 0.05) is 50.5 Å². The second-order valence-electron chi connectivity index (χ2n) is 23.0. The van der Waals surface area contributed by atoms with Crippen LogP contribution in [0.1, 0.15) is 254 Å². The number of carbonyl (C=O) groups is 9. The van der Waals surface area contributed by atoms with E-state index in [2.05, 4.69) is 25.6 Å². The van der Waals surface area contributed by atoms with E-state index in [4.69, 9.17) is 47.4 Å². The Morgan fingerprint density at radius 3 is 1.02 bits per heavy atom. The number of hydrogen-bond donors (Lipinski definition) is 0. The van der Waals surface area contributed by atoms with Gasteiger partial charge < -0.3 is 47.4 Å². The molecule has 89 heavy (non-hydrogen) atoms. The van der Waals surface area contributed by atoms with E-state index in [0.29, 0.717) is 151 Å². The van der Waals surface area contributed by atoms with Crippen LogP contribution < -0.4 is 9.47 Å². The summed E-state index contributed by atoms with van der Waals surface area (Å²) in [4.78, 5) is 108. The Balaban J connectivity index is 0.992. The molecule has 0 radical (unpaired) electrons. The Morgan fingerprint density at radius 2 is 0.674 bits per heavy atom. The summed E-state index contributed by atoms with van der Waals surface area (Å²) in [5, 5.41) is 0. The summed E-state index contributed by atoms with van der Waals surface area (Å²) in [6.07, 6.45) is 23.0. The molecule has 1 fully saturated rings. The van der Waals surface area contributed by atoms with Crippen LogP contribution >= 0.6 is 0 Å². The summed E-state index contributed by atoms with van der Waals surface area (Å²) < 4.78 is 53.4. The zero-order valence-electron chi connectivity index (χ0n) is 53.6. The van der Waals surface area contributed by atoms with E-state index in [1.165, 1.54) is 44.1 Å². The smallest absolute Gasteiger partial charge is 0.343 e. The molecule has 0 aromatic heterocycles. The third-order valence-electron chi connectivity index (χ3n) is 15.1. The molecule has 0 spiro atoms. The highest BCUT2D eigenvalue weighted by Crippen LogP contribution is 2.38. The predicted octanol–water partition coefficient (Wildman–Crippen LogP) is 14.2. The number of unbranched alkanes of at least 4 members (excludes halogenated alkanes) is 13. The van der Waals surface area contributed by atoms with Crippen LogP contribution in [0.3, 0.4) is 0 Å². The first kappa shape index (κ1) is 76.5. The molecule has 0 aliphatic heterocycles. The third-order valence-corrected chi connectivity index (χ3v) is 15.1. The molecular weight excluding hydrogens is 1140 g/mol. The maximum atomic E-state index is 12.8. The zero-order valence-corrected chi connectivity index (χ0v) is 53.6. The van der Waals surface area contributed by atoms with Crippen LogP contribution in [0.2, 0.25) is 0 Å². The van der Waals surface area contributed by atoms with Crippen molar-refractivity contribution in [3.63, 3.8) is 0 Å². The van der Waals surface area contributed by atoms with Crippen LogP contribution in [-0.4, -0.2) is 113 Å². The molecule has 2 aromatic rings. The lowest BCUT2D eigenvalue weighted by Gasteiger charge is -2.28. The summed E-state index contributed by atoms with van der Waals surface area (Å²) >= 11 is 0. The molecule has 1 saturated carbocycles. The van der Waals surface area contributed by atoms with Gasteiger partial charge in [-0.3, -0.25) is 33.6 Å². The van der Waals surface area contributed by atoms with Crippen molar-refractivity contribution in [3.8, 4) is 11.5 Å². The van der Waals surface area contributed by atoms with Gasteiger partial charge in [0.15, 0.2) is 0 Å². The van der Waals surface area contributed by atoms with E-state index in [-0.39, 0.29) is 127 Å². The second-order valence-corrected chi connectivity index (χ2v) is 23.0. The number of hydrogen-bond acceptors (Lipinski definition) is 19. The van der Waals surface area contributed by atoms with Gasteiger partial charge >= 0.3 is 53.7 Å². The standard InChI is InChI=1S/C70H104O19/c1-4-26-56-34-36-57(37-35-56)58-38-44-61(45-39-58)89-70(79)59-40-42-60(43-41-59)80-46-17-5-6-18-47-81-62(71)27-10-7-19-48-82-65(74)30-13-22-51-85-63(72)28-11-8-20-49-83-66(75)31-14-23-52-86-64(73)29-12-9-21-50-84-67(76)32-15-24-53-87-68(77)33-16-25-54-88-69(78)55(2)3/h38-45,56-57H,2,4-37,46-54H2,1,3H3. The first-order valence-corrected chi connectivity index (χ1v) is 33.2. The summed E-state index contributed by atoms with van der Waals surface area (Å²) in [6.45, 7) is 9.94. The monoisotopic (exact) mass is 1250 g/mol. The van der Waals surface area contributed by atoms with Crippen molar-refractivity contribution in [2.24, 2.45) is 5.92 Å². The van der Waals surface area contributed by atoms with Crippen LogP contribution in [0.25, 0.3) is 0 Å². The molecular formula is C70H104O19. The minimum absolute atomic E-state index is 0.215. The number of benzene rings is 2. The fourth-order valence-corrected chi connectivity index (χ4v) is 9.83. The van der Waals surface area contributed by atoms with E-state index in [0.717, 1.165) is 38.0 Å². The van der Waals surface area contributed by atoms with E-state index in [1.807, 2.05) is 12.1 Å². The van der Waals surface area contributed by atoms with Crippen LogP contribution in [-0.2, 0) is 76.3 Å². The Labute approximate surface area is 529 Å². The van der Waals surface area contributed by atoms with E-state index in [1.54, 1.807) is 31.2 Å². The molecule has 0 heterocycles. The van der Waals surface area contributed by atoms with Crippen molar-refractivity contribution in [1.29, 1.82) is 0 Å². The molecule has 1 aliphatic rings. The van der Waals surface area contributed by atoms with Gasteiger partial charge in [0.1, 0.15) is 11.5 Å². The highest BCUT2D eigenvalue weighted by Gasteiger charge is 2.22. The van der Waals surface area contributed by atoms with Gasteiger partial charge in [-0.25, -0.2) is 9.59 Å². The lowest BCUT2D eigenvalue weighted by atomic mass is 9.77. The average molecular weight is 1250 g/mol. The minimum atomic E-state index is -0.449. The summed E-state index contributed by atoms with van der Waals surface area (Å²) in [5.74, 6) is -0.299. The molecule has 0 saturated heterocycles. The molecule has 19 heteroatoms. The lowest BCUT2D eigenvalue weighted by molar-refractivity contribution is -0.146. The van der Waals surface area contributed by atoms with Crippen molar-refractivity contribution < 1.29 is 90.5 Å². The molecule has 0 bridgehead atoms. The molecule has 0 amide bonds. The van der Waals surface area contributed by atoms with E-state index >= 15 is 0 Å². The van der Waals surface area contributed by atoms with Crippen LogP contribution in [0, 0.1) is 5.92 Å². The molecule has 1 aliphatic carbocycles. The Kier molecular flexibility index (Phi) is 43.0. The van der Waals surface area contributed by atoms with Crippen molar-refractivity contribution in [3.05, 3.63) is 71.8 Å². The lowest BCUT2D eigenvalue weighted by Crippen LogP contribution is -2.13. The van der Waals surface area contributed by atoms with Crippen LogP contribution in [0.5, 0.6) is 11.5 Å². The fourth-order valence-electron chi connectivity index (χ4n) is 9.83. The first-order valence-electron chi connectivity index (χ1n) is 33.2. The summed E-state index contributed by atoms with van der Waals surface area (Å²) in [7, 11) is 0. The molecule has 0 atom stereocenters. The van der Waals surface area contributed by atoms with Gasteiger partial charge in [-0.2, -0.15) is 0 Å². The van der Waals surface area contributed by atoms with Gasteiger partial charge in [0.2, 0.25) is 0 Å². The molecule has 0 unspecified atom stereocenters. The quantitative estimate of drug-likeness (QED) is 0.0196. The van der Waals surface area contributed by atoms with Crippen molar-refractivity contribution >= 4 is 53.7 Å². The van der Waals surface area contributed by atoms with E-state index in [9.17, 15) is 43.2 Å². The third kappa shape index (κ3) is 40.5. The van der Waals surface area contributed by atoms with E-state index < -0.39 is 11.9 Å². The molecule has 2 aromatic carbocycles. The first-order chi connectivity index (χ1) is 43.2. The molecule has 498 valence electrons. The maximum absolute atomic E-state index is 12.8.